The molecule has 1 atom stereocenters. The smallest absolute Gasteiger partial charge is 0.150 e. The van der Waals surface area contributed by atoms with Crippen molar-refractivity contribution in [3.05, 3.63) is 65.9 Å². The Bertz CT molecular complexity index is 804. The fourth-order valence-corrected chi connectivity index (χ4v) is 2.63. The van der Waals surface area contributed by atoms with Crippen molar-refractivity contribution in [2.75, 3.05) is 13.7 Å². The van der Waals surface area contributed by atoms with Gasteiger partial charge in [0.05, 0.1) is 13.7 Å². The summed E-state index contributed by atoms with van der Waals surface area (Å²) in [5.41, 5.74) is 1.91. The summed E-state index contributed by atoms with van der Waals surface area (Å²) in [6, 6.07) is 14.9. The third-order valence-corrected chi connectivity index (χ3v) is 4.05. The predicted molar refractivity (Wildman–Crippen MR) is 97.0 cm³/mol. The summed E-state index contributed by atoms with van der Waals surface area (Å²) < 4.78 is 12.7. The van der Waals surface area contributed by atoms with Crippen LogP contribution in [0.2, 0.25) is 5.02 Å². The zero-order valence-electron chi connectivity index (χ0n) is 13.8. The van der Waals surface area contributed by atoms with Crippen molar-refractivity contribution in [1.82, 2.24) is 9.78 Å². The Morgan fingerprint density at radius 1 is 1.20 bits per heavy atom. The molecule has 0 aliphatic heterocycles. The molecule has 0 spiro atoms. The molecule has 25 heavy (non-hydrogen) atoms. The molecule has 0 radical (unpaired) electrons. The van der Waals surface area contributed by atoms with Crippen LogP contribution in [0.15, 0.2) is 60.9 Å². The first-order valence-corrected chi connectivity index (χ1v) is 8.29. The van der Waals surface area contributed by atoms with Crippen molar-refractivity contribution < 1.29 is 14.6 Å². The molecule has 6 heteroatoms. The number of aromatic nitrogens is 2. The van der Waals surface area contributed by atoms with E-state index in [4.69, 9.17) is 21.1 Å². The molecule has 1 N–H and O–H groups in total. The van der Waals surface area contributed by atoms with Crippen LogP contribution in [0.4, 0.5) is 0 Å². The molecule has 0 aliphatic rings. The van der Waals surface area contributed by atoms with Gasteiger partial charge in [0.1, 0.15) is 17.7 Å². The van der Waals surface area contributed by atoms with Crippen LogP contribution in [0.5, 0.6) is 11.5 Å². The standard InChI is InChI=1S/C19H19ClN2O3/c1-24-18-8-7-16(13-17(18)14-3-5-15(20)6-4-14)25-12-9-19(23)22-11-2-10-21-22/h2-8,10-11,13,19,23H,9,12H2,1H3. The first-order valence-electron chi connectivity index (χ1n) is 7.91. The van der Waals surface area contributed by atoms with Crippen LogP contribution in [0.25, 0.3) is 11.1 Å². The van der Waals surface area contributed by atoms with Crippen molar-refractivity contribution in [1.29, 1.82) is 0 Å². The van der Waals surface area contributed by atoms with E-state index < -0.39 is 6.23 Å². The van der Waals surface area contributed by atoms with Crippen LogP contribution in [-0.4, -0.2) is 28.6 Å². The van der Waals surface area contributed by atoms with Crippen molar-refractivity contribution in [3.8, 4) is 22.6 Å². The van der Waals surface area contributed by atoms with Gasteiger partial charge in [-0.25, -0.2) is 4.68 Å². The van der Waals surface area contributed by atoms with Gasteiger partial charge >= 0.3 is 0 Å². The van der Waals surface area contributed by atoms with Gasteiger partial charge in [0, 0.05) is 29.4 Å². The molecule has 0 saturated heterocycles. The van der Waals surface area contributed by atoms with Crippen molar-refractivity contribution in [2.24, 2.45) is 0 Å². The second-order valence-electron chi connectivity index (χ2n) is 5.47. The zero-order chi connectivity index (χ0) is 17.6. The molecule has 0 amide bonds. The first kappa shape index (κ1) is 17.3. The summed E-state index contributed by atoms with van der Waals surface area (Å²) in [7, 11) is 1.63. The Labute approximate surface area is 151 Å². The van der Waals surface area contributed by atoms with Gasteiger partial charge in [0.2, 0.25) is 0 Å². The molecule has 0 saturated carbocycles. The molecule has 1 heterocycles. The third-order valence-electron chi connectivity index (χ3n) is 3.80. The number of rotatable bonds is 7. The van der Waals surface area contributed by atoms with E-state index in [9.17, 15) is 5.11 Å². The Morgan fingerprint density at radius 2 is 2.00 bits per heavy atom. The average molecular weight is 359 g/mol. The van der Waals surface area contributed by atoms with Crippen molar-refractivity contribution >= 4 is 11.6 Å². The highest BCUT2D eigenvalue weighted by Crippen LogP contribution is 2.34. The third kappa shape index (κ3) is 4.32. The number of benzene rings is 2. The fourth-order valence-electron chi connectivity index (χ4n) is 2.50. The van der Waals surface area contributed by atoms with E-state index in [-0.39, 0.29) is 0 Å². The Morgan fingerprint density at radius 3 is 2.68 bits per heavy atom. The number of aliphatic hydroxyl groups is 1. The summed E-state index contributed by atoms with van der Waals surface area (Å²) in [6.45, 7) is 0.368. The number of methoxy groups -OCH3 is 1. The summed E-state index contributed by atoms with van der Waals surface area (Å²) in [5, 5.41) is 14.7. The molecular formula is C19H19ClN2O3. The van der Waals surface area contributed by atoms with Gasteiger partial charge in [0.25, 0.3) is 0 Å². The van der Waals surface area contributed by atoms with E-state index in [1.165, 1.54) is 4.68 Å². The van der Waals surface area contributed by atoms with Crippen LogP contribution in [0.1, 0.15) is 12.6 Å². The molecule has 1 unspecified atom stereocenters. The van der Waals surface area contributed by atoms with Gasteiger partial charge in [-0.05, 0) is 42.0 Å². The maximum Gasteiger partial charge on any atom is 0.150 e. The number of aliphatic hydroxyl groups excluding tert-OH is 1. The largest absolute Gasteiger partial charge is 0.496 e. The highest BCUT2D eigenvalue weighted by atomic mass is 35.5. The monoisotopic (exact) mass is 358 g/mol. The molecule has 130 valence electrons. The molecule has 3 aromatic rings. The lowest BCUT2D eigenvalue weighted by Gasteiger charge is -2.14. The minimum Gasteiger partial charge on any atom is -0.496 e. The molecule has 0 fully saturated rings. The Kier molecular flexibility index (Phi) is 5.58. The number of halogens is 1. The normalized spacial score (nSPS) is 12.0. The maximum absolute atomic E-state index is 10.0. The van der Waals surface area contributed by atoms with Gasteiger partial charge in [0.15, 0.2) is 0 Å². The second-order valence-corrected chi connectivity index (χ2v) is 5.91. The number of nitrogens with zero attached hydrogens (tertiary/aromatic N) is 2. The highest BCUT2D eigenvalue weighted by molar-refractivity contribution is 6.30. The molecule has 2 aromatic carbocycles. The van der Waals surface area contributed by atoms with Gasteiger partial charge in [-0.2, -0.15) is 5.10 Å². The molecule has 0 bridgehead atoms. The fraction of sp³-hybridized carbons (Fsp3) is 0.211. The average Bonchev–Trinajstić information content (AvgIpc) is 3.17. The van der Waals surface area contributed by atoms with Crippen molar-refractivity contribution in [2.45, 2.75) is 12.6 Å². The topological polar surface area (TPSA) is 56.5 Å². The quantitative estimate of drug-likeness (QED) is 0.688. The van der Waals surface area contributed by atoms with Gasteiger partial charge in [-0.1, -0.05) is 23.7 Å². The van der Waals surface area contributed by atoms with Crippen LogP contribution in [0.3, 0.4) is 0 Å². The van der Waals surface area contributed by atoms with Crippen LogP contribution < -0.4 is 9.47 Å². The van der Waals surface area contributed by atoms with Crippen LogP contribution >= 0.6 is 11.6 Å². The summed E-state index contributed by atoms with van der Waals surface area (Å²) in [5.74, 6) is 1.46. The van der Waals surface area contributed by atoms with E-state index >= 15 is 0 Å². The lowest BCUT2D eigenvalue weighted by molar-refractivity contribution is 0.0657. The summed E-state index contributed by atoms with van der Waals surface area (Å²) in [4.78, 5) is 0. The zero-order valence-corrected chi connectivity index (χ0v) is 14.6. The van der Waals surface area contributed by atoms with Crippen molar-refractivity contribution in [3.63, 3.8) is 0 Å². The van der Waals surface area contributed by atoms with Crippen LogP contribution in [0, 0.1) is 0 Å². The van der Waals surface area contributed by atoms with E-state index in [0.717, 1.165) is 16.9 Å². The number of ether oxygens (including phenoxy) is 2. The molecule has 5 nitrogen and oxygen atoms in total. The summed E-state index contributed by atoms with van der Waals surface area (Å²) in [6.07, 6.45) is 3.08. The predicted octanol–water partition coefficient (Wildman–Crippen LogP) is 4.17. The van der Waals surface area contributed by atoms with Gasteiger partial charge in [-0.3, -0.25) is 0 Å². The maximum atomic E-state index is 10.0. The highest BCUT2D eigenvalue weighted by Gasteiger charge is 2.10. The Balaban J connectivity index is 1.70. The number of hydrogen-bond acceptors (Lipinski definition) is 4. The minimum atomic E-state index is -0.705. The van der Waals surface area contributed by atoms with Crippen LogP contribution in [-0.2, 0) is 0 Å². The molecule has 1 aromatic heterocycles. The van der Waals surface area contributed by atoms with E-state index in [1.54, 1.807) is 25.6 Å². The van der Waals surface area contributed by atoms with E-state index in [1.807, 2.05) is 42.5 Å². The molecular weight excluding hydrogens is 340 g/mol. The van der Waals surface area contributed by atoms with E-state index in [2.05, 4.69) is 5.10 Å². The van der Waals surface area contributed by atoms with Gasteiger partial charge in [-0.15, -0.1) is 0 Å². The Hall–Kier alpha value is -2.50. The molecule has 0 aliphatic carbocycles. The van der Waals surface area contributed by atoms with Gasteiger partial charge < -0.3 is 14.6 Å². The minimum absolute atomic E-state index is 0.368. The summed E-state index contributed by atoms with van der Waals surface area (Å²) >= 11 is 5.96. The SMILES string of the molecule is COc1ccc(OCCC(O)n2cccn2)cc1-c1ccc(Cl)cc1. The first-order chi connectivity index (χ1) is 12.2. The lowest BCUT2D eigenvalue weighted by atomic mass is 10.0. The number of hydrogen-bond donors (Lipinski definition) is 1. The lowest BCUT2D eigenvalue weighted by Crippen LogP contribution is -2.12. The van der Waals surface area contributed by atoms with E-state index in [0.29, 0.717) is 23.8 Å². The second kappa shape index (κ2) is 8.05. The molecule has 3 rings (SSSR count).